The minimum absolute atomic E-state index is 0.0919. The Hall–Kier alpha value is -2.24. The lowest BCUT2D eigenvalue weighted by Crippen LogP contribution is -2.44. The third-order valence-electron chi connectivity index (χ3n) is 3.04. The number of ether oxygens (including phenoxy) is 2. The number of hydrogen-bond donors (Lipinski definition) is 1. The van der Waals surface area contributed by atoms with E-state index in [4.69, 9.17) is 9.47 Å². The Morgan fingerprint density at radius 1 is 1.47 bits per heavy atom. The van der Waals surface area contributed by atoms with Gasteiger partial charge in [0.2, 0.25) is 5.91 Å². The van der Waals surface area contributed by atoms with E-state index in [1.54, 1.807) is 7.11 Å². The molecule has 0 saturated carbocycles. The Bertz CT molecular complexity index is 472. The van der Waals surface area contributed by atoms with Crippen LogP contribution in [-0.4, -0.2) is 43.7 Å². The molecule has 0 aliphatic carbocycles. The van der Waals surface area contributed by atoms with Gasteiger partial charge in [0.05, 0.1) is 13.7 Å². The number of amides is 2. The maximum atomic E-state index is 11.7. The van der Waals surface area contributed by atoms with Crippen LogP contribution in [0, 0.1) is 0 Å². The van der Waals surface area contributed by atoms with Crippen LogP contribution in [0.2, 0.25) is 0 Å². The van der Waals surface area contributed by atoms with Gasteiger partial charge in [0, 0.05) is 7.05 Å². The minimum Gasteiger partial charge on any atom is -0.497 e. The van der Waals surface area contributed by atoms with Gasteiger partial charge in [0.15, 0.2) is 0 Å². The van der Waals surface area contributed by atoms with Crippen molar-refractivity contribution < 1.29 is 19.1 Å². The van der Waals surface area contributed by atoms with Crippen LogP contribution in [0.3, 0.4) is 0 Å². The first-order valence-corrected chi connectivity index (χ1v) is 5.93. The highest BCUT2D eigenvalue weighted by atomic mass is 16.6. The Labute approximate surface area is 111 Å². The fraction of sp³-hybridized carbons (Fsp3) is 0.385. The molecule has 0 unspecified atom stereocenters. The number of nitrogens with zero attached hydrogens (tertiary/aromatic N) is 1. The maximum Gasteiger partial charge on any atom is 0.410 e. The van der Waals surface area contributed by atoms with E-state index < -0.39 is 12.1 Å². The van der Waals surface area contributed by atoms with Gasteiger partial charge in [-0.05, 0) is 17.7 Å². The molecule has 0 spiro atoms. The first-order valence-electron chi connectivity index (χ1n) is 5.93. The Morgan fingerprint density at radius 3 is 2.74 bits per heavy atom. The van der Waals surface area contributed by atoms with Crippen molar-refractivity contribution >= 4 is 12.0 Å². The van der Waals surface area contributed by atoms with E-state index in [2.05, 4.69) is 5.32 Å². The lowest BCUT2D eigenvalue weighted by molar-refractivity contribution is -0.124. The zero-order valence-corrected chi connectivity index (χ0v) is 10.9. The normalized spacial score (nSPS) is 18.1. The molecular weight excluding hydrogens is 248 g/mol. The van der Waals surface area contributed by atoms with Crippen molar-refractivity contribution in [3.8, 4) is 5.75 Å². The standard InChI is InChI=1S/C13H16N2O4/c1-14-12(16)11-8-19-13(17)15(11)7-9-3-5-10(18-2)6-4-9/h3-6,11H,7-8H2,1-2H3,(H,14,16)/t11-/m0/s1. The van der Waals surface area contributed by atoms with E-state index in [0.29, 0.717) is 6.54 Å². The van der Waals surface area contributed by atoms with Crippen LogP contribution in [0.1, 0.15) is 5.56 Å². The van der Waals surface area contributed by atoms with E-state index in [9.17, 15) is 9.59 Å². The van der Waals surface area contributed by atoms with Crippen molar-refractivity contribution in [2.45, 2.75) is 12.6 Å². The molecule has 1 fully saturated rings. The van der Waals surface area contributed by atoms with Gasteiger partial charge >= 0.3 is 6.09 Å². The summed E-state index contributed by atoms with van der Waals surface area (Å²) < 4.78 is 9.99. The molecule has 1 atom stereocenters. The fourth-order valence-electron chi connectivity index (χ4n) is 1.94. The van der Waals surface area contributed by atoms with Gasteiger partial charge < -0.3 is 14.8 Å². The SMILES string of the molecule is CNC(=O)[C@@H]1COC(=O)N1Cc1ccc(OC)cc1. The number of carbonyl (C=O) groups is 2. The molecule has 2 rings (SSSR count). The summed E-state index contributed by atoms with van der Waals surface area (Å²) in [7, 11) is 3.13. The highest BCUT2D eigenvalue weighted by Gasteiger charge is 2.37. The number of cyclic esters (lactones) is 1. The van der Waals surface area contributed by atoms with Crippen LogP contribution in [-0.2, 0) is 16.1 Å². The minimum atomic E-state index is -0.570. The monoisotopic (exact) mass is 264 g/mol. The van der Waals surface area contributed by atoms with E-state index in [1.807, 2.05) is 24.3 Å². The number of likely N-dealkylation sites (N-methyl/N-ethyl adjacent to an activating group) is 1. The van der Waals surface area contributed by atoms with Crippen LogP contribution >= 0.6 is 0 Å². The zero-order valence-electron chi connectivity index (χ0n) is 10.9. The molecule has 19 heavy (non-hydrogen) atoms. The van der Waals surface area contributed by atoms with Gasteiger partial charge in [-0.3, -0.25) is 9.69 Å². The van der Waals surface area contributed by atoms with Crippen LogP contribution in [0.5, 0.6) is 5.75 Å². The van der Waals surface area contributed by atoms with Crippen molar-refractivity contribution in [2.75, 3.05) is 20.8 Å². The van der Waals surface area contributed by atoms with Crippen molar-refractivity contribution in [2.24, 2.45) is 0 Å². The molecule has 1 saturated heterocycles. The molecule has 6 nitrogen and oxygen atoms in total. The van der Waals surface area contributed by atoms with E-state index in [-0.39, 0.29) is 12.5 Å². The molecule has 1 aliphatic rings. The van der Waals surface area contributed by atoms with Crippen molar-refractivity contribution in [1.29, 1.82) is 0 Å². The second kappa shape index (κ2) is 5.60. The van der Waals surface area contributed by atoms with Gasteiger partial charge in [0.25, 0.3) is 0 Å². The smallest absolute Gasteiger partial charge is 0.410 e. The van der Waals surface area contributed by atoms with E-state index in [1.165, 1.54) is 11.9 Å². The summed E-state index contributed by atoms with van der Waals surface area (Å²) in [5, 5.41) is 2.53. The fourth-order valence-corrected chi connectivity index (χ4v) is 1.94. The van der Waals surface area contributed by atoms with E-state index in [0.717, 1.165) is 11.3 Å². The largest absolute Gasteiger partial charge is 0.497 e. The van der Waals surface area contributed by atoms with Crippen molar-refractivity contribution in [3.63, 3.8) is 0 Å². The molecule has 0 radical (unpaired) electrons. The summed E-state index contributed by atoms with van der Waals surface area (Å²) >= 11 is 0. The second-order valence-corrected chi connectivity index (χ2v) is 4.18. The number of hydrogen-bond acceptors (Lipinski definition) is 4. The molecular formula is C13H16N2O4. The van der Waals surface area contributed by atoms with Gasteiger partial charge in [-0.2, -0.15) is 0 Å². The number of benzene rings is 1. The summed E-state index contributed by atoms with van der Waals surface area (Å²) in [5.74, 6) is 0.523. The Kier molecular flexibility index (Phi) is 3.89. The van der Waals surface area contributed by atoms with Gasteiger partial charge in [-0.1, -0.05) is 12.1 Å². The van der Waals surface area contributed by atoms with Crippen LogP contribution in [0.15, 0.2) is 24.3 Å². The van der Waals surface area contributed by atoms with Crippen LogP contribution < -0.4 is 10.1 Å². The summed E-state index contributed by atoms with van der Waals surface area (Å²) in [5.41, 5.74) is 0.911. The summed E-state index contributed by atoms with van der Waals surface area (Å²) in [4.78, 5) is 24.7. The Balaban J connectivity index is 2.10. The van der Waals surface area contributed by atoms with Gasteiger partial charge in [0.1, 0.15) is 18.4 Å². The summed E-state index contributed by atoms with van der Waals surface area (Å²) in [6.45, 7) is 0.426. The molecule has 1 aliphatic heterocycles. The number of rotatable bonds is 4. The second-order valence-electron chi connectivity index (χ2n) is 4.18. The first kappa shape index (κ1) is 13.2. The molecule has 0 aromatic heterocycles. The Morgan fingerprint density at radius 2 is 2.16 bits per heavy atom. The zero-order chi connectivity index (χ0) is 13.8. The molecule has 1 aromatic rings. The highest BCUT2D eigenvalue weighted by Crippen LogP contribution is 2.18. The highest BCUT2D eigenvalue weighted by molar-refractivity contribution is 5.87. The molecule has 6 heteroatoms. The maximum absolute atomic E-state index is 11.7. The number of nitrogens with one attached hydrogen (secondary N) is 1. The quantitative estimate of drug-likeness (QED) is 0.872. The van der Waals surface area contributed by atoms with Crippen LogP contribution in [0.25, 0.3) is 0 Å². The number of methoxy groups -OCH3 is 1. The average molecular weight is 264 g/mol. The predicted octanol–water partition coefficient (Wildman–Crippen LogP) is 0.762. The first-order chi connectivity index (χ1) is 9.15. The molecule has 0 bridgehead atoms. The summed E-state index contributed by atoms with van der Waals surface area (Å²) in [6, 6.07) is 6.76. The molecule has 1 heterocycles. The lowest BCUT2D eigenvalue weighted by atomic mass is 10.2. The van der Waals surface area contributed by atoms with E-state index >= 15 is 0 Å². The molecule has 1 N–H and O–H groups in total. The molecule has 102 valence electrons. The van der Waals surface area contributed by atoms with Gasteiger partial charge in [-0.25, -0.2) is 4.79 Å². The lowest BCUT2D eigenvalue weighted by Gasteiger charge is -2.20. The van der Waals surface area contributed by atoms with Crippen molar-refractivity contribution in [3.05, 3.63) is 29.8 Å². The third kappa shape index (κ3) is 2.78. The topological polar surface area (TPSA) is 67.9 Å². The summed E-state index contributed by atoms with van der Waals surface area (Å²) in [6.07, 6.45) is -0.468. The molecule has 2 amide bonds. The van der Waals surface area contributed by atoms with Gasteiger partial charge in [-0.15, -0.1) is 0 Å². The number of carbonyl (C=O) groups excluding carboxylic acids is 2. The molecule has 1 aromatic carbocycles. The predicted molar refractivity (Wildman–Crippen MR) is 67.7 cm³/mol. The third-order valence-corrected chi connectivity index (χ3v) is 3.04. The average Bonchev–Trinajstić information content (AvgIpc) is 2.80. The van der Waals surface area contributed by atoms with Crippen LogP contribution in [0.4, 0.5) is 4.79 Å². The van der Waals surface area contributed by atoms with Crippen molar-refractivity contribution in [1.82, 2.24) is 10.2 Å².